The summed E-state index contributed by atoms with van der Waals surface area (Å²) < 4.78 is 5.01. The van der Waals surface area contributed by atoms with E-state index in [0.29, 0.717) is 34.9 Å². The van der Waals surface area contributed by atoms with Crippen molar-refractivity contribution in [1.29, 1.82) is 0 Å². The molecule has 3 aromatic rings. The molecule has 0 aliphatic heterocycles. The molecule has 2 N–H and O–H groups in total. The number of carbonyl (C=O) groups excluding carboxylic acids is 3. The molecule has 0 atom stereocenters. The van der Waals surface area contributed by atoms with Crippen molar-refractivity contribution >= 4 is 35.1 Å². The summed E-state index contributed by atoms with van der Waals surface area (Å²) in [7, 11) is 0. The highest BCUT2D eigenvalue weighted by Crippen LogP contribution is 2.16. The van der Waals surface area contributed by atoms with Gasteiger partial charge in [-0.25, -0.2) is 0 Å². The molecule has 0 heterocycles. The van der Waals surface area contributed by atoms with Crippen molar-refractivity contribution in [1.82, 2.24) is 5.32 Å². The second kappa shape index (κ2) is 11.1. The predicted octanol–water partition coefficient (Wildman–Crippen LogP) is 4.77. The van der Waals surface area contributed by atoms with Gasteiger partial charge in [0.05, 0.1) is 0 Å². The lowest BCUT2D eigenvalue weighted by molar-refractivity contribution is -0.131. The van der Waals surface area contributed by atoms with Crippen LogP contribution in [0.5, 0.6) is 5.75 Å². The van der Waals surface area contributed by atoms with E-state index in [1.807, 2.05) is 36.4 Å². The van der Waals surface area contributed by atoms with Crippen molar-refractivity contribution in [2.75, 3.05) is 5.32 Å². The normalized spacial score (nSPS) is 10.3. The number of anilines is 1. The predicted molar refractivity (Wildman–Crippen MR) is 124 cm³/mol. The van der Waals surface area contributed by atoms with Crippen LogP contribution in [0, 0.1) is 0 Å². The zero-order valence-corrected chi connectivity index (χ0v) is 18.3. The van der Waals surface area contributed by atoms with Gasteiger partial charge in [-0.05, 0) is 60.0 Å². The van der Waals surface area contributed by atoms with Gasteiger partial charge in [0.15, 0.2) is 0 Å². The first-order valence-corrected chi connectivity index (χ1v) is 10.5. The average molecular weight is 451 g/mol. The lowest BCUT2D eigenvalue weighted by atomic mass is 10.1. The van der Waals surface area contributed by atoms with Gasteiger partial charge in [0.2, 0.25) is 5.91 Å². The number of benzene rings is 3. The molecular weight excluding hydrogens is 428 g/mol. The molecule has 7 heteroatoms. The third-order valence-corrected chi connectivity index (χ3v) is 4.79. The van der Waals surface area contributed by atoms with Crippen LogP contribution < -0.4 is 15.4 Å². The van der Waals surface area contributed by atoms with Gasteiger partial charge in [0.1, 0.15) is 5.75 Å². The lowest BCUT2D eigenvalue weighted by Gasteiger charge is -2.10. The van der Waals surface area contributed by atoms with Gasteiger partial charge in [-0.1, -0.05) is 41.9 Å². The number of amides is 2. The van der Waals surface area contributed by atoms with Gasteiger partial charge < -0.3 is 15.4 Å². The standard InChI is InChI=1S/C25H23ClN2O4/c1-17(29)32-23-10-4-7-20(15-23)25(31)27-16-19-6-3-9-22(14-19)28-24(30)12-11-18-5-2-8-21(26)13-18/h2-10,13-15H,11-12,16H2,1H3,(H,27,31)(H,28,30). The highest BCUT2D eigenvalue weighted by atomic mass is 35.5. The number of hydrogen-bond acceptors (Lipinski definition) is 4. The molecule has 0 fully saturated rings. The summed E-state index contributed by atoms with van der Waals surface area (Å²) in [5.74, 6) is -0.537. The molecule has 2 amide bonds. The first kappa shape index (κ1) is 23.0. The van der Waals surface area contributed by atoms with Crippen LogP contribution in [0.1, 0.15) is 34.8 Å². The van der Waals surface area contributed by atoms with Gasteiger partial charge in [-0.15, -0.1) is 0 Å². The van der Waals surface area contributed by atoms with E-state index in [2.05, 4.69) is 10.6 Å². The van der Waals surface area contributed by atoms with Crippen molar-refractivity contribution < 1.29 is 19.1 Å². The van der Waals surface area contributed by atoms with Crippen LogP contribution in [0.15, 0.2) is 72.8 Å². The molecule has 164 valence electrons. The van der Waals surface area contributed by atoms with E-state index in [9.17, 15) is 14.4 Å². The van der Waals surface area contributed by atoms with E-state index in [4.69, 9.17) is 16.3 Å². The summed E-state index contributed by atoms with van der Waals surface area (Å²) in [4.78, 5) is 35.8. The van der Waals surface area contributed by atoms with E-state index in [-0.39, 0.29) is 18.4 Å². The molecule has 32 heavy (non-hydrogen) atoms. The number of carbonyl (C=O) groups is 3. The second-order valence-corrected chi connectivity index (χ2v) is 7.62. The fourth-order valence-corrected chi connectivity index (χ4v) is 3.30. The van der Waals surface area contributed by atoms with E-state index in [0.717, 1.165) is 11.1 Å². The van der Waals surface area contributed by atoms with E-state index in [1.54, 1.807) is 30.3 Å². The molecule has 3 rings (SSSR count). The van der Waals surface area contributed by atoms with Crippen molar-refractivity contribution in [2.45, 2.75) is 26.3 Å². The van der Waals surface area contributed by atoms with Crippen LogP contribution in [0.4, 0.5) is 5.69 Å². The summed E-state index contributed by atoms with van der Waals surface area (Å²) in [5, 5.41) is 6.35. The maximum Gasteiger partial charge on any atom is 0.308 e. The van der Waals surface area contributed by atoms with Crippen molar-refractivity contribution in [3.8, 4) is 5.75 Å². The number of hydrogen-bond donors (Lipinski definition) is 2. The molecule has 3 aromatic carbocycles. The number of ether oxygens (including phenoxy) is 1. The number of aryl methyl sites for hydroxylation is 1. The van der Waals surface area contributed by atoms with Crippen molar-refractivity contribution in [2.24, 2.45) is 0 Å². The van der Waals surface area contributed by atoms with Crippen LogP contribution >= 0.6 is 11.6 Å². The Morgan fingerprint density at radius 3 is 2.44 bits per heavy atom. The molecule has 0 unspecified atom stereocenters. The topological polar surface area (TPSA) is 84.5 Å². The van der Waals surface area contributed by atoms with Crippen molar-refractivity contribution in [3.05, 3.63) is 94.5 Å². The molecule has 0 aromatic heterocycles. The minimum atomic E-state index is -0.450. The Morgan fingerprint density at radius 1 is 0.906 bits per heavy atom. The molecule has 0 aliphatic rings. The maximum absolute atomic E-state index is 12.4. The Bertz CT molecular complexity index is 1130. The molecule has 6 nitrogen and oxygen atoms in total. The Kier molecular flexibility index (Phi) is 8.00. The molecule has 0 spiro atoms. The van der Waals surface area contributed by atoms with Crippen LogP contribution in [0.25, 0.3) is 0 Å². The molecule has 0 radical (unpaired) electrons. The first-order chi connectivity index (χ1) is 15.4. The van der Waals surface area contributed by atoms with E-state index in [1.165, 1.54) is 13.0 Å². The second-order valence-electron chi connectivity index (χ2n) is 7.18. The largest absolute Gasteiger partial charge is 0.427 e. The maximum atomic E-state index is 12.4. The quantitative estimate of drug-likeness (QED) is 0.382. The Hall–Kier alpha value is -3.64. The van der Waals surface area contributed by atoms with E-state index < -0.39 is 5.97 Å². The zero-order valence-electron chi connectivity index (χ0n) is 17.6. The summed E-state index contributed by atoms with van der Waals surface area (Å²) in [6, 6.07) is 21.1. The van der Waals surface area contributed by atoms with Crippen LogP contribution in [0.3, 0.4) is 0 Å². The minimum absolute atomic E-state index is 0.103. The fourth-order valence-electron chi connectivity index (χ4n) is 3.08. The highest BCUT2D eigenvalue weighted by Gasteiger charge is 2.09. The molecule has 0 aliphatic carbocycles. The third kappa shape index (κ3) is 7.25. The number of rotatable bonds is 8. The molecule has 0 bridgehead atoms. The monoisotopic (exact) mass is 450 g/mol. The van der Waals surface area contributed by atoms with Crippen LogP contribution in [0.2, 0.25) is 5.02 Å². The van der Waals surface area contributed by atoms with Crippen LogP contribution in [-0.4, -0.2) is 17.8 Å². The summed E-state index contributed by atoms with van der Waals surface area (Å²) in [6.07, 6.45) is 0.925. The smallest absolute Gasteiger partial charge is 0.308 e. The Morgan fingerprint density at radius 2 is 1.66 bits per heavy atom. The average Bonchev–Trinajstić information content (AvgIpc) is 2.76. The third-order valence-electron chi connectivity index (χ3n) is 4.55. The SMILES string of the molecule is CC(=O)Oc1cccc(C(=O)NCc2cccc(NC(=O)CCc3cccc(Cl)c3)c2)c1. The summed E-state index contributed by atoms with van der Waals surface area (Å²) in [5.41, 5.74) is 2.88. The summed E-state index contributed by atoms with van der Waals surface area (Å²) >= 11 is 5.98. The lowest BCUT2D eigenvalue weighted by Crippen LogP contribution is -2.23. The van der Waals surface area contributed by atoms with Crippen molar-refractivity contribution in [3.63, 3.8) is 0 Å². The number of halogens is 1. The fraction of sp³-hybridized carbons (Fsp3) is 0.160. The van der Waals surface area contributed by atoms with Gasteiger partial charge in [0, 0.05) is 36.2 Å². The Labute approximate surface area is 191 Å². The minimum Gasteiger partial charge on any atom is -0.427 e. The first-order valence-electron chi connectivity index (χ1n) is 10.1. The summed E-state index contributed by atoms with van der Waals surface area (Å²) in [6.45, 7) is 1.58. The van der Waals surface area contributed by atoms with E-state index >= 15 is 0 Å². The zero-order chi connectivity index (χ0) is 22.9. The number of nitrogens with one attached hydrogen (secondary N) is 2. The van der Waals surface area contributed by atoms with Gasteiger partial charge in [-0.2, -0.15) is 0 Å². The molecular formula is C25H23ClN2O4. The number of esters is 1. The van der Waals surface area contributed by atoms with Gasteiger partial charge in [0.25, 0.3) is 5.91 Å². The van der Waals surface area contributed by atoms with Crippen LogP contribution in [-0.2, 0) is 22.6 Å². The van der Waals surface area contributed by atoms with Gasteiger partial charge >= 0.3 is 5.97 Å². The molecule has 0 saturated heterocycles. The molecule has 0 saturated carbocycles. The van der Waals surface area contributed by atoms with Gasteiger partial charge in [-0.3, -0.25) is 14.4 Å². The Balaban J connectivity index is 1.52. The highest BCUT2D eigenvalue weighted by molar-refractivity contribution is 6.30.